The minimum atomic E-state index is -0.354. The Hall–Kier alpha value is -1.95. The first-order valence-corrected chi connectivity index (χ1v) is 8.57. The summed E-state index contributed by atoms with van der Waals surface area (Å²) in [5, 5.41) is 2.97. The molecular formula is C18H23FN2O3. The predicted octanol–water partition coefficient (Wildman–Crippen LogP) is 1.97. The van der Waals surface area contributed by atoms with Gasteiger partial charge in [-0.25, -0.2) is 4.39 Å². The van der Waals surface area contributed by atoms with Crippen molar-refractivity contribution in [2.75, 3.05) is 26.2 Å². The van der Waals surface area contributed by atoms with Gasteiger partial charge in [0.05, 0.1) is 6.10 Å². The van der Waals surface area contributed by atoms with E-state index in [1.807, 2.05) is 0 Å². The van der Waals surface area contributed by atoms with Gasteiger partial charge in [0, 0.05) is 37.7 Å². The number of benzene rings is 1. The van der Waals surface area contributed by atoms with Crippen LogP contribution in [-0.4, -0.2) is 49.1 Å². The van der Waals surface area contributed by atoms with Gasteiger partial charge in [-0.3, -0.25) is 9.59 Å². The van der Waals surface area contributed by atoms with Gasteiger partial charge in [0.1, 0.15) is 5.82 Å². The highest BCUT2D eigenvalue weighted by atomic mass is 19.1. The number of carbonyl (C=O) groups is 2. The van der Waals surface area contributed by atoms with Crippen molar-refractivity contribution < 1.29 is 18.7 Å². The molecule has 1 aromatic carbocycles. The van der Waals surface area contributed by atoms with Crippen molar-refractivity contribution in [1.29, 1.82) is 0 Å². The molecule has 0 radical (unpaired) electrons. The molecule has 24 heavy (non-hydrogen) atoms. The summed E-state index contributed by atoms with van der Waals surface area (Å²) < 4.78 is 18.4. The smallest absolute Gasteiger partial charge is 0.253 e. The van der Waals surface area contributed by atoms with E-state index in [-0.39, 0.29) is 29.7 Å². The summed E-state index contributed by atoms with van der Waals surface area (Å²) in [6.45, 7) is 2.46. The van der Waals surface area contributed by atoms with Gasteiger partial charge in [-0.05, 0) is 49.9 Å². The lowest BCUT2D eigenvalue weighted by Gasteiger charge is -2.31. The molecule has 2 saturated heterocycles. The first kappa shape index (κ1) is 16.9. The van der Waals surface area contributed by atoms with Gasteiger partial charge in [-0.2, -0.15) is 0 Å². The fraction of sp³-hybridized carbons (Fsp3) is 0.556. The molecule has 0 aromatic heterocycles. The van der Waals surface area contributed by atoms with Crippen LogP contribution in [0.15, 0.2) is 24.3 Å². The second kappa shape index (κ2) is 7.75. The van der Waals surface area contributed by atoms with E-state index in [0.717, 1.165) is 19.4 Å². The fourth-order valence-electron chi connectivity index (χ4n) is 3.28. The monoisotopic (exact) mass is 334 g/mol. The van der Waals surface area contributed by atoms with Gasteiger partial charge in [0.25, 0.3) is 5.91 Å². The molecule has 2 heterocycles. The summed E-state index contributed by atoms with van der Waals surface area (Å²) in [5.41, 5.74) is 0.484. The van der Waals surface area contributed by atoms with E-state index in [4.69, 9.17) is 4.74 Å². The summed E-state index contributed by atoms with van der Waals surface area (Å²) >= 11 is 0. The van der Waals surface area contributed by atoms with Crippen LogP contribution in [0.1, 0.15) is 36.0 Å². The molecule has 0 aliphatic carbocycles. The highest BCUT2D eigenvalue weighted by Gasteiger charge is 2.28. The molecule has 2 fully saturated rings. The molecule has 2 amide bonds. The van der Waals surface area contributed by atoms with Gasteiger partial charge in [-0.1, -0.05) is 0 Å². The Kier molecular flexibility index (Phi) is 5.45. The fourth-order valence-corrected chi connectivity index (χ4v) is 3.28. The Labute approximate surface area is 141 Å². The number of rotatable bonds is 4. The molecule has 0 saturated carbocycles. The topological polar surface area (TPSA) is 58.6 Å². The molecule has 2 aliphatic rings. The number of nitrogens with one attached hydrogen (secondary N) is 1. The number of ether oxygens (including phenoxy) is 1. The average Bonchev–Trinajstić information content (AvgIpc) is 3.13. The number of hydrogen-bond donors (Lipinski definition) is 1. The van der Waals surface area contributed by atoms with Crippen LogP contribution in [0.25, 0.3) is 0 Å². The van der Waals surface area contributed by atoms with E-state index in [1.165, 1.54) is 24.3 Å². The molecule has 6 heteroatoms. The van der Waals surface area contributed by atoms with Crippen molar-refractivity contribution in [2.24, 2.45) is 5.92 Å². The lowest BCUT2D eigenvalue weighted by Crippen LogP contribution is -2.44. The number of piperidine rings is 1. The zero-order valence-electron chi connectivity index (χ0n) is 13.7. The van der Waals surface area contributed by atoms with Gasteiger partial charge >= 0.3 is 0 Å². The minimum Gasteiger partial charge on any atom is -0.376 e. The maximum atomic E-state index is 12.9. The number of hydrogen-bond acceptors (Lipinski definition) is 3. The highest BCUT2D eigenvalue weighted by molar-refractivity contribution is 5.94. The van der Waals surface area contributed by atoms with E-state index < -0.39 is 0 Å². The van der Waals surface area contributed by atoms with Crippen molar-refractivity contribution in [1.82, 2.24) is 10.2 Å². The zero-order valence-corrected chi connectivity index (χ0v) is 13.7. The lowest BCUT2D eigenvalue weighted by atomic mass is 9.95. The van der Waals surface area contributed by atoms with E-state index in [9.17, 15) is 14.0 Å². The molecule has 0 spiro atoms. The maximum absolute atomic E-state index is 12.9. The molecule has 2 aliphatic heterocycles. The second-order valence-corrected chi connectivity index (χ2v) is 6.45. The maximum Gasteiger partial charge on any atom is 0.253 e. The Balaban J connectivity index is 1.45. The molecule has 1 N–H and O–H groups in total. The molecule has 0 bridgehead atoms. The van der Waals surface area contributed by atoms with Crippen molar-refractivity contribution in [3.05, 3.63) is 35.6 Å². The highest BCUT2D eigenvalue weighted by Crippen LogP contribution is 2.20. The molecular weight excluding hydrogens is 311 g/mol. The predicted molar refractivity (Wildman–Crippen MR) is 87.0 cm³/mol. The summed E-state index contributed by atoms with van der Waals surface area (Å²) in [7, 11) is 0. The van der Waals surface area contributed by atoms with Crippen LogP contribution in [0.4, 0.5) is 4.39 Å². The Morgan fingerprint density at radius 3 is 2.50 bits per heavy atom. The summed E-state index contributed by atoms with van der Waals surface area (Å²) in [6.07, 6.45) is 3.53. The number of halogens is 1. The van der Waals surface area contributed by atoms with Crippen LogP contribution in [0.5, 0.6) is 0 Å². The van der Waals surface area contributed by atoms with Gasteiger partial charge < -0.3 is 15.0 Å². The molecule has 1 unspecified atom stereocenters. The number of likely N-dealkylation sites (tertiary alicyclic amines) is 1. The van der Waals surface area contributed by atoms with Crippen molar-refractivity contribution in [2.45, 2.75) is 31.8 Å². The third-order valence-corrected chi connectivity index (χ3v) is 4.77. The largest absolute Gasteiger partial charge is 0.376 e. The molecule has 1 aromatic rings. The van der Waals surface area contributed by atoms with Crippen LogP contribution in [0.2, 0.25) is 0 Å². The summed E-state index contributed by atoms with van der Waals surface area (Å²) in [5.74, 6) is -0.454. The number of nitrogens with zero attached hydrogens (tertiary/aromatic N) is 1. The number of amides is 2. The lowest BCUT2D eigenvalue weighted by molar-refractivity contribution is -0.126. The first-order valence-electron chi connectivity index (χ1n) is 8.57. The third kappa shape index (κ3) is 4.12. The summed E-state index contributed by atoms with van der Waals surface area (Å²) in [6, 6.07) is 5.58. The van der Waals surface area contributed by atoms with Crippen molar-refractivity contribution >= 4 is 11.8 Å². The molecule has 1 atom stereocenters. The Morgan fingerprint density at radius 1 is 1.17 bits per heavy atom. The average molecular weight is 334 g/mol. The second-order valence-electron chi connectivity index (χ2n) is 6.45. The standard InChI is InChI=1S/C18H23FN2O3/c19-15-5-3-14(4-6-15)18(23)21-9-7-13(8-10-21)17(22)20-12-16-2-1-11-24-16/h3-6,13,16H,1-2,7-12H2,(H,20,22). The third-order valence-electron chi connectivity index (χ3n) is 4.77. The van der Waals surface area contributed by atoms with Crippen LogP contribution in [-0.2, 0) is 9.53 Å². The van der Waals surface area contributed by atoms with Gasteiger partial charge in [0.15, 0.2) is 0 Å². The van der Waals surface area contributed by atoms with Crippen LogP contribution in [0.3, 0.4) is 0 Å². The van der Waals surface area contributed by atoms with Crippen LogP contribution in [0, 0.1) is 11.7 Å². The zero-order chi connectivity index (χ0) is 16.9. The van der Waals surface area contributed by atoms with E-state index in [1.54, 1.807) is 4.90 Å². The van der Waals surface area contributed by atoms with Gasteiger partial charge in [-0.15, -0.1) is 0 Å². The normalized spacial score (nSPS) is 21.7. The van der Waals surface area contributed by atoms with E-state index >= 15 is 0 Å². The quantitative estimate of drug-likeness (QED) is 0.916. The van der Waals surface area contributed by atoms with Crippen LogP contribution >= 0.6 is 0 Å². The first-order chi connectivity index (χ1) is 11.6. The number of carbonyl (C=O) groups excluding carboxylic acids is 2. The summed E-state index contributed by atoms with van der Waals surface area (Å²) in [4.78, 5) is 26.3. The SMILES string of the molecule is O=C(NCC1CCCO1)C1CCN(C(=O)c2ccc(F)cc2)CC1. The Bertz CT molecular complexity index is 576. The van der Waals surface area contributed by atoms with Crippen LogP contribution < -0.4 is 5.32 Å². The van der Waals surface area contributed by atoms with Crippen molar-refractivity contribution in [3.8, 4) is 0 Å². The van der Waals surface area contributed by atoms with E-state index in [0.29, 0.717) is 38.0 Å². The Morgan fingerprint density at radius 2 is 1.88 bits per heavy atom. The molecule has 3 rings (SSSR count). The molecule has 130 valence electrons. The van der Waals surface area contributed by atoms with Crippen molar-refractivity contribution in [3.63, 3.8) is 0 Å². The molecule has 5 nitrogen and oxygen atoms in total. The van der Waals surface area contributed by atoms with Gasteiger partial charge in [0.2, 0.25) is 5.91 Å². The minimum absolute atomic E-state index is 0.0522. The van der Waals surface area contributed by atoms with E-state index in [2.05, 4.69) is 5.32 Å².